The van der Waals surface area contributed by atoms with Gasteiger partial charge >= 0.3 is 6.18 Å². The van der Waals surface area contributed by atoms with E-state index in [0.29, 0.717) is 13.2 Å². The zero-order valence-electron chi connectivity index (χ0n) is 14.3. The van der Waals surface area contributed by atoms with Crippen LogP contribution in [0.5, 0.6) is 11.6 Å². The summed E-state index contributed by atoms with van der Waals surface area (Å²) in [4.78, 5) is 9.46. The second kappa shape index (κ2) is 8.04. The number of hydrogen-bond donors (Lipinski definition) is 0. The van der Waals surface area contributed by atoms with Crippen LogP contribution in [0.25, 0.3) is 0 Å². The molecule has 0 aliphatic carbocycles. The summed E-state index contributed by atoms with van der Waals surface area (Å²) >= 11 is 0. The van der Waals surface area contributed by atoms with E-state index in [1.54, 1.807) is 17.0 Å². The average molecular weight is 355 g/mol. The molecule has 1 aromatic heterocycles. The summed E-state index contributed by atoms with van der Waals surface area (Å²) in [5.74, 6) is 0.362. The van der Waals surface area contributed by atoms with E-state index in [-0.39, 0.29) is 5.95 Å². The number of rotatable bonds is 7. The maximum atomic E-state index is 12.9. The summed E-state index contributed by atoms with van der Waals surface area (Å²) in [6.07, 6.45) is -2.93. The molecule has 0 bridgehead atoms. The number of alkyl halides is 3. The molecule has 5 nitrogen and oxygen atoms in total. The van der Waals surface area contributed by atoms with Gasteiger partial charge in [-0.2, -0.15) is 18.2 Å². The second-order valence-corrected chi connectivity index (χ2v) is 5.18. The van der Waals surface area contributed by atoms with Crippen LogP contribution in [0.3, 0.4) is 0 Å². The molecule has 0 aliphatic rings. The highest BCUT2D eigenvalue weighted by Gasteiger charge is 2.36. The summed E-state index contributed by atoms with van der Waals surface area (Å²) in [6.45, 7) is 4.97. The fourth-order valence-corrected chi connectivity index (χ4v) is 2.22. The highest BCUT2D eigenvalue weighted by molar-refractivity contribution is 5.58. The van der Waals surface area contributed by atoms with Crippen molar-refractivity contribution in [2.24, 2.45) is 0 Å². The molecule has 0 spiro atoms. The fourth-order valence-electron chi connectivity index (χ4n) is 2.22. The van der Waals surface area contributed by atoms with Crippen molar-refractivity contribution in [2.45, 2.75) is 26.4 Å². The summed E-state index contributed by atoms with van der Waals surface area (Å²) in [5.41, 5.74) is -0.258. The minimum atomic E-state index is -4.57. The van der Waals surface area contributed by atoms with Crippen LogP contribution in [0.2, 0.25) is 0 Å². The van der Waals surface area contributed by atoms with Crippen LogP contribution in [-0.4, -0.2) is 30.2 Å². The van der Waals surface area contributed by atoms with Gasteiger partial charge in [0, 0.05) is 18.4 Å². The maximum absolute atomic E-state index is 12.9. The first-order valence-electron chi connectivity index (χ1n) is 7.89. The van der Waals surface area contributed by atoms with Crippen LogP contribution >= 0.6 is 0 Å². The predicted octanol–water partition coefficient (Wildman–Crippen LogP) is 4.45. The van der Waals surface area contributed by atoms with Crippen LogP contribution in [0.1, 0.15) is 25.8 Å². The quantitative estimate of drug-likeness (QED) is 0.734. The summed E-state index contributed by atoms with van der Waals surface area (Å²) in [6, 6.07) is 7.22. The number of halogens is 3. The zero-order chi connectivity index (χ0) is 18.4. The Morgan fingerprint density at radius 1 is 1.12 bits per heavy atom. The number of hydrogen-bond acceptors (Lipinski definition) is 5. The Morgan fingerprint density at radius 2 is 1.80 bits per heavy atom. The monoisotopic (exact) mass is 355 g/mol. The van der Waals surface area contributed by atoms with Crippen molar-refractivity contribution < 1.29 is 22.6 Å². The Balaban J connectivity index is 2.31. The molecule has 136 valence electrons. The van der Waals surface area contributed by atoms with Gasteiger partial charge in [0.25, 0.3) is 0 Å². The Kier molecular flexibility index (Phi) is 6.06. The van der Waals surface area contributed by atoms with Crippen molar-refractivity contribution in [3.8, 4) is 11.6 Å². The van der Waals surface area contributed by atoms with Crippen LogP contribution in [0.15, 0.2) is 30.5 Å². The van der Waals surface area contributed by atoms with Crippen molar-refractivity contribution in [1.82, 2.24) is 9.97 Å². The summed E-state index contributed by atoms with van der Waals surface area (Å²) in [5, 5.41) is 0. The Morgan fingerprint density at radius 3 is 2.32 bits per heavy atom. The highest BCUT2D eigenvalue weighted by atomic mass is 19.4. The minimum absolute atomic E-state index is 0.134. The fraction of sp³-hybridized carbons (Fsp3) is 0.412. The smallest absolute Gasteiger partial charge is 0.423 e. The molecule has 0 saturated heterocycles. The summed E-state index contributed by atoms with van der Waals surface area (Å²) < 4.78 is 49.1. The third-order valence-electron chi connectivity index (χ3n) is 3.42. The van der Waals surface area contributed by atoms with Gasteiger partial charge < -0.3 is 14.4 Å². The molecule has 0 radical (unpaired) electrons. The largest absolute Gasteiger partial charge is 0.494 e. The minimum Gasteiger partial charge on any atom is -0.494 e. The number of aromatic nitrogens is 2. The van der Waals surface area contributed by atoms with E-state index in [0.717, 1.165) is 31.2 Å². The lowest BCUT2D eigenvalue weighted by molar-refractivity contribution is -0.139. The topological polar surface area (TPSA) is 47.5 Å². The van der Waals surface area contributed by atoms with E-state index >= 15 is 0 Å². The van der Waals surface area contributed by atoms with Gasteiger partial charge in [-0.15, -0.1) is 0 Å². The van der Waals surface area contributed by atoms with Crippen molar-refractivity contribution in [2.75, 3.05) is 25.2 Å². The molecule has 0 fully saturated rings. The number of methoxy groups -OCH3 is 1. The average Bonchev–Trinajstić information content (AvgIpc) is 2.60. The molecule has 0 saturated carbocycles. The van der Waals surface area contributed by atoms with Crippen LogP contribution in [0, 0.1) is 0 Å². The molecule has 25 heavy (non-hydrogen) atoms. The number of anilines is 2. The van der Waals surface area contributed by atoms with Crippen molar-refractivity contribution in [1.29, 1.82) is 0 Å². The van der Waals surface area contributed by atoms with E-state index in [1.807, 2.05) is 26.0 Å². The third kappa shape index (κ3) is 4.52. The molecule has 2 rings (SSSR count). The molecule has 0 amide bonds. The molecule has 2 aromatic rings. The van der Waals surface area contributed by atoms with E-state index < -0.39 is 17.6 Å². The Hall–Kier alpha value is -2.51. The molecular weight excluding hydrogens is 335 g/mol. The molecule has 0 N–H and O–H groups in total. The van der Waals surface area contributed by atoms with Gasteiger partial charge in [0.2, 0.25) is 11.8 Å². The molecule has 1 heterocycles. The van der Waals surface area contributed by atoms with Gasteiger partial charge in [-0.1, -0.05) is 6.92 Å². The number of nitrogens with zero attached hydrogens (tertiary/aromatic N) is 3. The van der Waals surface area contributed by atoms with Gasteiger partial charge in [-0.25, -0.2) is 4.98 Å². The maximum Gasteiger partial charge on any atom is 0.423 e. The Labute approximate surface area is 144 Å². The zero-order valence-corrected chi connectivity index (χ0v) is 14.3. The molecule has 0 atom stereocenters. The van der Waals surface area contributed by atoms with Crippen molar-refractivity contribution >= 4 is 11.6 Å². The molecule has 8 heteroatoms. The first kappa shape index (κ1) is 18.8. The normalized spacial score (nSPS) is 11.3. The van der Waals surface area contributed by atoms with Crippen LogP contribution < -0.4 is 14.4 Å². The number of benzene rings is 1. The van der Waals surface area contributed by atoms with E-state index in [2.05, 4.69) is 9.97 Å². The van der Waals surface area contributed by atoms with Gasteiger partial charge in [-0.05, 0) is 37.6 Å². The van der Waals surface area contributed by atoms with E-state index in [9.17, 15) is 13.2 Å². The Bertz CT molecular complexity index is 691. The SMILES string of the molecule is CCCOc1ccc(N(CC)c2ncc(C(F)(F)F)c(OC)n2)cc1. The number of ether oxygens (including phenoxy) is 2. The first-order valence-corrected chi connectivity index (χ1v) is 7.89. The van der Waals surface area contributed by atoms with Gasteiger partial charge in [-0.3, -0.25) is 0 Å². The van der Waals surface area contributed by atoms with Crippen LogP contribution in [0.4, 0.5) is 24.8 Å². The van der Waals surface area contributed by atoms with Gasteiger partial charge in [0.1, 0.15) is 11.3 Å². The van der Waals surface area contributed by atoms with Gasteiger partial charge in [0.15, 0.2) is 0 Å². The molecule has 1 aromatic carbocycles. The van der Waals surface area contributed by atoms with Crippen LogP contribution in [-0.2, 0) is 6.18 Å². The molecule has 0 aliphatic heterocycles. The predicted molar refractivity (Wildman–Crippen MR) is 88.5 cm³/mol. The lowest BCUT2D eigenvalue weighted by Crippen LogP contribution is -2.20. The van der Waals surface area contributed by atoms with Crippen molar-refractivity contribution in [3.63, 3.8) is 0 Å². The standard InChI is InChI=1S/C17H20F3N3O2/c1-4-10-25-13-8-6-12(7-9-13)23(5-2)16-21-11-14(17(18,19)20)15(22-16)24-3/h6-9,11H,4-5,10H2,1-3H3. The second-order valence-electron chi connectivity index (χ2n) is 5.18. The first-order chi connectivity index (χ1) is 11.9. The highest BCUT2D eigenvalue weighted by Crippen LogP contribution is 2.36. The summed E-state index contributed by atoms with van der Waals surface area (Å²) in [7, 11) is 1.15. The van der Waals surface area contributed by atoms with E-state index in [1.165, 1.54) is 0 Å². The van der Waals surface area contributed by atoms with Gasteiger partial charge in [0.05, 0.1) is 13.7 Å². The van der Waals surface area contributed by atoms with Crippen molar-refractivity contribution in [3.05, 3.63) is 36.0 Å². The lowest BCUT2D eigenvalue weighted by atomic mass is 10.2. The lowest BCUT2D eigenvalue weighted by Gasteiger charge is -2.22. The molecular formula is C17H20F3N3O2. The molecule has 0 unspecified atom stereocenters. The van der Waals surface area contributed by atoms with E-state index in [4.69, 9.17) is 9.47 Å². The third-order valence-corrected chi connectivity index (χ3v) is 3.42.